The van der Waals surface area contributed by atoms with Gasteiger partial charge in [0.15, 0.2) is 0 Å². The summed E-state index contributed by atoms with van der Waals surface area (Å²) in [7, 11) is -2.47. The van der Waals surface area contributed by atoms with E-state index in [1.54, 1.807) is 30.3 Å². The van der Waals surface area contributed by atoms with Gasteiger partial charge in [-0.25, -0.2) is 12.7 Å². The predicted molar refractivity (Wildman–Crippen MR) is 89.5 cm³/mol. The molecule has 3 rings (SSSR count). The van der Waals surface area contributed by atoms with Gasteiger partial charge >= 0.3 is 0 Å². The lowest BCUT2D eigenvalue weighted by Gasteiger charge is -2.15. The Labute approximate surface area is 145 Å². The lowest BCUT2D eigenvalue weighted by Crippen LogP contribution is -2.40. The number of rotatable bonds is 5. The number of ether oxygens (including phenoxy) is 1. The normalized spacial score (nSPS) is 14.9. The van der Waals surface area contributed by atoms with Crippen molar-refractivity contribution in [1.29, 1.82) is 0 Å². The molecule has 0 radical (unpaired) electrons. The molecule has 0 atom stereocenters. The molecular weight excluding hydrogens is 344 g/mol. The van der Waals surface area contributed by atoms with E-state index in [-0.39, 0.29) is 17.0 Å². The number of nitrogens with zero attached hydrogens (tertiary/aromatic N) is 1. The third kappa shape index (κ3) is 3.08. The molecule has 0 fully saturated rings. The highest BCUT2D eigenvalue weighted by Gasteiger charge is 2.41. The van der Waals surface area contributed by atoms with Crippen LogP contribution in [0.15, 0.2) is 53.4 Å². The molecule has 130 valence electrons. The molecule has 1 heterocycles. The van der Waals surface area contributed by atoms with Crippen molar-refractivity contribution in [2.24, 2.45) is 0 Å². The SMILES string of the molecule is COc1ccccc1CNC(=O)CN1C(=O)c2ccccc2S1(=O)=O. The fourth-order valence-corrected chi connectivity index (χ4v) is 4.14. The number of benzene rings is 2. The summed E-state index contributed by atoms with van der Waals surface area (Å²) < 4.78 is 30.6. The van der Waals surface area contributed by atoms with Gasteiger partial charge in [0, 0.05) is 12.1 Å². The van der Waals surface area contributed by atoms with E-state index in [0.717, 1.165) is 5.56 Å². The van der Waals surface area contributed by atoms with Crippen LogP contribution in [0, 0.1) is 0 Å². The molecule has 0 aliphatic carbocycles. The second kappa shape index (κ2) is 6.56. The summed E-state index contributed by atoms with van der Waals surface area (Å²) in [4.78, 5) is 24.3. The van der Waals surface area contributed by atoms with Gasteiger partial charge in [-0.15, -0.1) is 0 Å². The smallest absolute Gasteiger partial charge is 0.269 e. The molecule has 0 unspecified atom stereocenters. The molecule has 2 aromatic carbocycles. The minimum Gasteiger partial charge on any atom is -0.496 e. The Morgan fingerprint density at radius 3 is 2.52 bits per heavy atom. The molecular formula is C17H16N2O5S. The van der Waals surface area contributed by atoms with E-state index in [1.165, 1.54) is 25.3 Å². The van der Waals surface area contributed by atoms with Gasteiger partial charge in [-0.1, -0.05) is 30.3 Å². The van der Waals surface area contributed by atoms with Gasteiger partial charge in [0.25, 0.3) is 15.9 Å². The van der Waals surface area contributed by atoms with Crippen LogP contribution in [0.1, 0.15) is 15.9 Å². The maximum atomic E-state index is 12.4. The van der Waals surface area contributed by atoms with Crippen molar-refractivity contribution in [3.05, 3.63) is 59.7 Å². The number of carbonyl (C=O) groups excluding carboxylic acids is 2. The van der Waals surface area contributed by atoms with Crippen LogP contribution in [0.2, 0.25) is 0 Å². The van der Waals surface area contributed by atoms with Crippen LogP contribution in [0.3, 0.4) is 0 Å². The number of hydrogen-bond donors (Lipinski definition) is 1. The number of para-hydroxylation sites is 1. The average molecular weight is 360 g/mol. The average Bonchev–Trinajstić information content (AvgIpc) is 2.81. The Bertz CT molecular complexity index is 940. The fourth-order valence-electron chi connectivity index (χ4n) is 2.62. The van der Waals surface area contributed by atoms with E-state index in [2.05, 4.69) is 5.32 Å². The molecule has 1 aliphatic rings. The lowest BCUT2D eigenvalue weighted by atomic mass is 10.2. The van der Waals surface area contributed by atoms with Crippen molar-refractivity contribution < 1.29 is 22.7 Å². The molecule has 8 heteroatoms. The molecule has 0 saturated heterocycles. The minimum absolute atomic E-state index is 0.0717. The maximum Gasteiger partial charge on any atom is 0.269 e. The van der Waals surface area contributed by atoms with Gasteiger partial charge in [-0.05, 0) is 18.2 Å². The summed E-state index contributed by atoms with van der Waals surface area (Å²) >= 11 is 0. The van der Waals surface area contributed by atoms with E-state index in [9.17, 15) is 18.0 Å². The van der Waals surface area contributed by atoms with Gasteiger partial charge in [0.2, 0.25) is 5.91 Å². The topological polar surface area (TPSA) is 92.8 Å². The quantitative estimate of drug-likeness (QED) is 0.864. The Kier molecular flexibility index (Phi) is 4.45. The Hall–Kier alpha value is -2.87. The molecule has 2 aromatic rings. The van der Waals surface area contributed by atoms with Crippen molar-refractivity contribution >= 4 is 21.8 Å². The monoisotopic (exact) mass is 360 g/mol. The largest absolute Gasteiger partial charge is 0.496 e. The van der Waals surface area contributed by atoms with Crippen LogP contribution in [-0.2, 0) is 21.4 Å². The minimum atomic E-state index is -3.99. The van der Waals surface area contributed by atoms with Gasteiger partial charge in [-0.3, -0.25) is 9.59 Å². The summed E-state index contributed by atoms with van der Waals surface area (Å²) in [5.74, 6) is -0.654. The number of amides is 2. The first-order valence-electron chi connectivity index (χ1n) is 7.50. The summed E-state index contributed by atoms with van der Waals surface area (Å²) in [5.41, 5.74) is 0.831. The predicted octanol–water partition coefficient (Wildman–Crippen LogP) is 1.16. The Morgan fingerprint density at radius 1 is 1.12 bits per heavy atom. The first-order chi connectivity index (χ1) is 11.9. The highest BCUT2D eigenvalue weighted by molar-refractivity contribution is 7.90. The fraction of sp³-hybridized carbons (Fsp3) is 0.176. The second-order valence-corrected chi connectivity index (χ2v) is 7.23. The van der Waals surface area contributed by atoms with Crippen molar-refractivity contribution in [2.45, 2.75) is 11.4 Å². The standard InChI is InChI=1S/C17H16N2O5S/c1-24-14-8-4-2-6-12(14)10-18-16(20)11-19-17(21)13-7-3-5-9-15(13)25(19,22)23/h2-9H,10-11H2,1H3,(H,18,20). The molecule has 0 aromatic heterocycles. The van der Waals surface area contributed by atoms with E-state index in [1.807, 2.05) is 0 Å². The summed E-state index contributed by atoms with van der Waals surface area (Å²) in [5, 5.41) is 2.61. The number of sulfonamides is 1. The Morgan fingerprint density at radius 2 is 1.80 bits per heavy atom. The van der Waals surface area contributed by atoms with E-state index >= 15 is 0 Å². The highest BCUT2D eigenvalue weighted by Crippen LogP contribution is 2.29. The van der Waals surface area contributed by atoms with Crippen molar-refractivity contribution in [1.82, 2.24) is 9.62 Å². The van der Waals surface area contributed by atoms with Crippen LogP contribution >= 0.6 is 0 Å². The van der Waals surface area contributed by atoms with Gasteiger partial charge in [0.05, 0.1) is 12.7 Å². The zero-order valence-electron chi connectivity index (χ0n) is 13.4. The van der Waals surface area contributed by atoms with Crippen molar-refractivity contribution in [3.63, 3.8) is 0 Å². The molecule has 7 nitrogen and oxygen atoms in total. The lowest BCUT2D eigenvalue weighted by molar-refractivity contribution is -0.121. The summed E-state index contributed by atoms with van der Waals surface area (Å²) in [6.45, 7) is -0.400. The number of carbonyl (C=O) groups is 2. The Balaban J connectivity index is 1.71. The zero-order valence-corrected chi connectivity index (χ0v) is 14.2. The van der Waals surface area contributed by atoms with Crippen LogP contribution in [0.4, 0.5) is 0 Å². The highest BCUT2D eigenvalue weighted by atomic mass is 32.2. The number of hydrogen-bond acceptors (Lipinski definition) is 5. The van der Waals surface area contributed by atoms with Crippen LogP contribution in [-0.4, -0.2) is 38.2 Å². The first-order valence-corrected chi connectivity index (χ1v) is 8.94. The van der Waals surface area contributed by atoms with Crippen LogP contribution < -0.4 is 10.1 Å². The van der Waals surface area contributed by atoms with Crippen LogP contribution in [0.25, 0.3) is 0 Å². The van der Waals surface area contributed by atoms with Gasteiger partial charge < -0.3 is 10.1 Å². The number of nitrogens with one attached hydrogen (secondary N) is 1. The maximum absolute atomic E-state index is 12.4. The number of methoxy groups -OCH3 is 1. The molecule has 0 bridgehead atoms. The summed E-state index contributed by atoms with van der Waals surface area (Å²) in [6.07, 6.45) is 0. The molecule has 0 spiro atoms. The molecule has 25 heavy (non-hydrogen) atoms. The zero-order chi connectivity index (χ0) is 18.0. The van der Waals surface area contributed by atoms with E-state index in [4.69, 9.17) is 4.74 Å². The summed E-state index contributed by atoms with van der Waals surface area (Å²) in [6, 6.07) is 13.1. The third-order valence-electron chi connectivity index (χ3n) is 3.87. The van der Waals surface area contributed by atoms with E-state index in [0.29, 0.717) is 10.1 Å². The molecule has 1 N–H and O–H groups in total. The third-order valence-corrected chi connectivity index (χ3v) is 5.65. The van der Waals surface area contributed by atoms with E-state index < -0.39 is 28.4 Å². The van der Waals surface area contributed by atoms with Gasteiger partial charge in [-0.2, -0.15) is 0 Å². The van der Waals surface area contributed by atoms with Crippen molar-refractivity contribution in [2.75, 3.05) is 13.7 Å². The molecule has 2 amide bonds. The van der Waals surface area contributed by atoms with Gasteiger partial charge in [0.1, 0.15) is 17.2 Å². The van der Waals surface area contributed by atoms with Crippen LogP contribution in [0.5, 0.6) is 5.75 Å². The van der Waals surface area contributed by atoms with Crippen molar-refractivity contribution in [3.8, 4) is 5.75 Å². The number of fused-ring (bicyclic) bond motifs is 1. The molecule has 0 saturated carbocycles. The second-order valence-electron chi connectivity index (χ2n) is 5.40. The molecule has 1 aliphatic heterocycles. The first kappa shape index (κ1) is 17.0.